The molecule has 3 rings (SSSR count). The van der Waals surface area contributed by atoms with Crippen LogP contribution in [0.25, 0.3) is 10.6 Å². The highest BCUT2D eigenvalue weighted by molar-refractivity contribution is 7.13. The number of nitrogens with one attached hydrogen (secondary N) is 2. The van der Waals surface area contributed by atoms with Crippen molar-refractivity contribution in [2.24, 2.45) is 0 Å². The molecular weight excluding hydrogens is 471 g/mol. The summed E-state index contributed by atoms with van der Waals surface area (Å²) < 4.78 is 48.3. The number of carbonyl (C=O) groups excluding carboxylic acids is 2. The van der Waals surface area contributed by atoms with Gasteiger partial charge in [-0.15, -0.1) is 11.3 Å². The first-order chi connectivity index (χ1) is 16.2. The van der Waals surface area contributed by atoms with Gasteiger partial charge in [0, 0.05) is 29.6 Å². The van der Waals surface area contributed by atoms with E-state index in [0.29, 0.717) is 17.2 Å². The number of aromatic nitrogens is 1. The Kier molecular flexibility index (Phi) is 8.11. The molecule has 180 valence electrons. The van der Waals surface area contributed by atoms with Crippen LogP contribution in [0.15, 0.2) is 47.8 Å². The molecule has 0 radical (unpaired) electrons. The third kappa shape index (κ3) is 6.47. The van der Waals surface area contributed by atoms with Gasteiger partial charge in [-0.3, -0.25) is 9.59 Å². The van der Waals surface area contributed by atoms with Crippen LogP contribution in [-0.2, 0) is 17.4 Å². The minimum atomic E-state index is -4.46. The number of hydrogen-bond donors (Lipinski definition) is 2. The van der Waals surface area contributed by atoms with Gasteiger partial charge in [-0.05, 0) is 42.5 Å². The van der Waals surface area contributed by atoms with Gasteiger partial charge >= 0.3 is 6.18 Å². The number of halogens is 3. The van der Waals surface area contributed by atoms with Gasteiger partial charge in [-0.1, -0.05) is 0 Å². The molecule has 0 aliphatic heterocycles. The van der Waals surface area contributed by atoms with E-state index in [9.17, 15) is 22.8 Å². The van der Waals surface area contributed by atoms with Crippen LogP contribution in [0.1, 0.15) is 21.6 Å². The number of benzene rings is 2. The molecule has 3 aromatic rings. The Balaban J connectivity index is 1.45. The third-order valence-electron chi connectivity index (χ3n) is 4.73. The third-order valence-corrected chi connectivity index (χ3v) is 5.67. The predicted octanol–water partition coefficient (Wildman–Crippen LogP) is 3.93. The Bertz CT molecular complexity index is 1150. The van der Waals surface area contributed by atoms with Gasteiger partial charge in [0.05, 0.1) is 31.9 Å². The number of ether oxygens (including phenoxy) is 2. The first-order valence-electron chi connectivity index (χ1n) is 10.1. The molecule has 11 heteroatoms. The molecule has 0 fully saturated rings. The van der Waals surface area contributed by atoms with Crippen LogP contribution in [0.4, 0.5) is 13.2 Å². The quantitative estimate of drug-likeness (QED) is 0.441. The number of thiazole rings is 1. The molecule has 0 aliphatic carbocycles. The lowest BCUT2D eigenvalue weighted by atomic mass is 10.1. The summed E-state index contributed by atoms with van der Waals surface area (Å²) in [6, 6.07) is 9.34. The first-order valence-corrected chi connectivity index (χ1v) is 11.0. The predicted molar refractivity (Wildman–Crippen MR) is 121 cm³/mol. The molecule has 0 atom stereocenters. The summed E-state index contributed by atoms with van der Waals surface area (Å²) in [5.74, 6) is 0.385. The van der Waals surface area contributed by atoms with Crippen molar-refractivity contribution in [1.82, 2.24) is 15.6 Å². The maximum absolute atomic E-state index is 12.6. The van der Waals surface area contributed by atoms with Crippen molar-refractivity contribution >= 4 is 23.2 Å². The minimum absolute atomic E-state index is 0.0661. The normalized spacial score (nSPS) is 11.1. The molecule has 0 bridgehead atoms. The Morgan fingerprint density at radius 1 is 0.971 bits per heavy atom. The first kappa shape index (κ1) is 25.0. The lowest BCUT2D eigenvalue weighted by Gasteiger charge is -2.09. The standard InChI is InChI=1S/C23H22F3N3O4S/c1-32-18-8-5-15(11-19(18)33-2)22-29-17(13-34-22)12-20(30)27-9-10-28-21(31)14-3-6-16(7-4-14)23(24,25)26/h3-8,11,13H,9-10,12H2,1-2H3,(H,27,30)(H,28,31). The molecular formula is C23H22F3N3O4S. The Labute approximate surface area is 197 Å². The van der Waals surface area contributed by atoms with E-state index in [1.807, 2.05) is 6.07 Å². The van der Waals surface area contributed by atoms with E-state index in [1.54, 1.807) is 31.7 Å². The van der Waals surface area contributed by atoms with Crippen molar-refractivity contribution in [1.29, 1.82) is 0 Å². The highest BCUT2D eigenvalue weighted by Crippen LogP contribution is 2.33. The van der Waals surface area contributed by atoms with Crippen LogP contribution in [-0.4, -0.2) is 44.1 Å². The Morgan fingerprint density at radius 3 is 2.29 bits per heavy atom. The summed E-state index contributed by atoms with van der Waals surface area (Å²) in [6.07, 6.45) is -4.39. The van der Waals surface area contributed by atoms with Crippen molar-refractivity contribution in [2.75, 3.05) is 27.3 Å². The van der Waals surface area contributed by atoms with E-state index in [1.165, 1.54) is 11.3 Å². The number of nitrogens with zero attached hydrogens (tertiary/aromatic N) is 1. The topological polar surface area (TPSA) is 89.5 Å². The molecule has 1 aromatic heterocycles. The molecule has 0 unspecified atom stereocenters. The summed E-state index contributed by atoms with van der Waals surface area (Å²) in [4.78, 5) is 28.7. The Hall–Kier alpha value is -3.60. The molecule has 0 saturated carbocycles. The summed E-state index contributed by atoms with van der Waals surface area (Å²) in [6.45, 7) is 0.289. The molecule has 2 N–H and O–H groups in total. The monoisotopic (exact) mass is 493 g/mol. The fraction of sp³-hybridized carbons (Fsp3) is 0.261. The fourth-order valence-corrected chi connectivity index (χ4v) is 3.82. The van der Waals surface area contributed by atoms with E-state index in [2.05, 4.69) is 15.6 Å². The summed E-state index contributed by atoms with van der Waals surface area (Å²) in [5, 5.41) is 7.75. The van der Waals surface area contributed by atoms with Gasteiger partial charge in [-0.25, -0.2) is 4.98 Å². The average molecular weight is 494 g/mol. The van der Waals surface area contributed by atoms with Crippen LogP contribution in [0.2, 0.25) is 0 Å². The molecule has 0 aliphatic rings. The van der Waals surface area contributed by atoms with Crippen molar-refractivity contribution in [3.8, 4) is 22.1 Å². The van der Waals surface area contributed by atoms with E-state index in [-0.39, 0.29) is 31.0 Å². The largest absolute Gasteiger partial charge is 0.493 e. The summed E-state index contributed by atoms with van der Waals surface area (Å²) in [5.41, 5.74) is 0.707. The van der Waals surface area contributed by atoms with Crippen LogP contribution in [0, 0.1) is 0 Å². The lowest BCUT2D eigenvalue weighted by molar-refractivity contribution is -0.137. The highest BCUT2D eigenvalue weighted by atomic mass is 32.1. The number of amides is 2. The highest BCUT2D eigenvalue weighted by Gasteiger charge is 2.30. The van der Waals surface area contributed by atoms with E-state index in [0.717, 1.165) is 34.8 Å². The van der Waals surface area contributed by atoms with Gasteiger partial charge in [0.1, 0.15) is 5.01 Å². The van der Waals surface area contributed by atoms with Gasteiger partial charge in [0.15, 0.2) is 11.5 Å². The molecule has 0 spiro atoms. The smallest absolute Gasteiger partial charge is 0.416 e. The van der Waals surface area contributed by atoms with Crippen molar-refractivity contribution < 1.29 is 32.2 Å². The average Bonchev–Trinajstić information content (AvgIpc) is 3.29. The second kappa shape index (κ2) is 11.0. The molecule has 2 amide bonds. The fourth-order valence-electron chi connectivity index (χ4n) is 3.01. The lowest BCUT2D eigenvalue weighted by Crippen LogP contribution is -2.35. The molecule has 34 heavy (non-hydrogen) atoms. The maximum atomic E-state index is 12.6. The number of carbonyl (C=O) groups is 2. The van der Waals surface area contributed by atoms with Crippen molar-refractivity contribution in [2.45, 2.75) is 12.6 Å². The van der Waals surface area contributed by atoms with Gasteiger partial charge in [-0.2, -0.15) is 13.2 Å². The van der Waals surface area contributed by atoms with Crippen molar-refractivity contribution in [3.63, 3.8) is 0 Å². The van der Waals surface area contributed by atoms with E-state index < -0.39 is 17.6 Å². The maximum Gasteiger partial charge on any atom is 0.416 e. The number of rotatable bonds is 9. The van der Waals surface area contributed by atoms with Gasteiger partial charge in [0.2, 0.25) is 5.91 Å². The molecule has 1 heterocycles. The van der Waals surface area contributed by atoms with Crippen LogP contribution < -0.4 is 20.1 Å². The minimum Gasteiger partial charge on any atom is -0.493 e. The van der Waals surface area contributed by atoms with Gasteiger partial charge < -0.3 is 20.1 Å². The zero-order valence-corrected chi connectivity index (χ0v) is 19.2. The number of methoxy groups -OCH3 is 2. The Morgan fingerprint density at radius 2 is 1.65 bits per heavy atom. The number of hydrogen-bond acceptors (Lipinski definition) is 6. The summed E-state index contributed by atoms with van der Waals surface area (Å²) in [7, 11) is 3.10. The van der Waals surface area contributed by atoms with Crippen LogP contribution in [0.3, 0.4) is 0 Å². The zero-order valence-electron chi connectivity index (χ0n) is 18.4. The number of alkyl halides is 3. The second-order valence-electron chi connectivity index (χ2n) is 7.07. The molecule has 2 aromatic carbocycles. The van der Waals surface area contributed by atoms with Gasteiger partial charge in [0.25, 0.3) is 5.91 Å². The molecule has 0 saturated heterocycles. The van der Waals surface area contributed by atoms with Crippen molar-refractivity contribution in [3.05, 3.63) is 64.7 Å². The van der Waals surface area contributed by atoms with Crippen LogP contribution in [0.5, 0.6) is 11.5 Å². The van der Waals surface area contributed by atoms with E-state index in [4.69, 9.17) is 9.47 Å². The SMILES string of the molecule is COc1ccc(-c2nc(CC(=O)NCCNC(=O)c3ccc(C(F)(F)F)cc3)cs2)cc1OC. The van der Waals surface area contributed by atoms with E-state index >= 15 is 0 Å². The second-order valence-corrected chi connectivity index (χ2v) is 7.93. The summed E-state index contributed by atoms with van der Waals surface area (Å²) >= 11 is 1.39. The zero-order chi connectivity index (χ0) is 24.7. The molecule has 7 nitrogen and oxygen atoms in total. The van der Waals surface area contributed by atoms with Crippen LogP contribution >= 0.6 is 11.3 Å².